The van der Waals surface area contributed by atoms with Crippen molar-refractivity contribution in [1.82, 2.24) is 14.5 Å². The topological polar surface area (TPSA) is 64.2 Å². The summed E-state index contributed by atoms with van der Waals surface area (Å²) in [6, 6.07) is 4.63. The summed E-state index contributed by atoms with van der Waals surface area (Å²) in [6.45, 7) is 3.31. The molecule has 0 aliphatic carbocycles. The molecular weight excluding hydrogens is 271 g/mol. The summed E-state index contributed by atoms with van der Waals surface area (Å²) in [5, 5.41) is 0. The van der Waals surface area contributed by atoms with Gasteiger partial charge in [0.05, 0.1) is 17.2 Å². The van der Waals surface area contributed by atoms with E-state index in [1.807, 2.05) is 0 Å². The van der Waals surface area contributed by atoms with Crippen molar-refractivity contribution < 1.29 is 4.39 Å². The highest BCUT2D eigenvalue weighted by atomic mass is 19.1. The first-order valence-corrected chi connectivity index (χ1v) is 7.26. The molecule has 1 aliphatic heterocycles. The fourth-order valence-electron chi connectivity index (χ4n) is 2.79. The van der Waals surface area contributed by atoms with Crippen molar-refractivity contribution in [1.29, 1.82) is 0 Å². The van der Waals surface area contributed by atoms with Crippen LogP contribution in [0.15, 0.2) is 29.2 Å². The zero-order valence-corrected chi connectivity index (χ0v) is 11.8. The van der Waals surface area contributed by atoms with Crippen LogP contribution >= 0.6 is 0 Å². The Morgan fingerprint density at radius 3 is 2.81 bits per heavy atom. The van der Waals surface area contributed by atoms with Gasteiger partial charge in [0.1, 0.15) is 5.82 Å². The monoisotopic (exact) mass is 290 g/mol. The van der Waals surface area contributed by atoms with Gasteiger partial charge in [0.25, 0.3) is 5.56 Å². The SMILES string of the molecule is NC1CCN(CCn2c(=O)cnc3cc(F)ccc32)CC1. The smallest absolute Gasteiger partial charge is 0.269 e. The van der Waals surface area contributed by atoms with E-state index in [1.54, 1.807) is 10.6 Å². The minimum absolute atomic E-state index is 0.150. The van der Waals surface area contributed by atoms with Gasteiger partial charge >= 0.3 is 0 Å². The van der Waals surface area contributed by atoms with E-state index in [9.17, 15) is 9.18 Å². The molecule has 0 radical (unpaired) electrons. The summed E-state index contributed by atoms with van der Waals surface area (Å²) < 4.78 is 14.9. The predicted octanol–water partition coefficient (Wildman–Crippen LogP) is 0.959. The standard InChI is InChI=1S/C15H19FN4O/c16-11-1-2-14-13(9-11)18-10-15(21)20(14)8-7-19-5-3-12(17)4-6-19/h1-2,9-10,12H,3-8,17H2. The van der Waals surface area contributed by atoms with E-state index in [2.05, 4.69) is 9.88 Å². The van der Waals surface area contributed by atoms with Gasteiger partial charge in [-0.25, -0.2) is 9.37 Å². The number of halogens is 1. The highest BCUT2D eigenvalue weighted by molar-refractivity contribution is 5.74. The van der Waals surface area contributed by atoms with Crippen LogP contribution in [0.1, 0.15) is 12.8 Å². The molecular formula is C15H19FN4O. The van der Waals surface area contributed by atoms with Crippen molar-refractivity contribution in [2.24, 2.45) is 5.73 Å². The normalized spacial score (nSPS) is 17.4. The van der Waals surface area contributed by atoms with Gasteiger partial charge in [-0.05, 0) is 38.1 Å². The van der Waals surface area contributed by atoms with Crippen molar-refractivity contribution in [2.45, 2.75) is 25.4 Å². The molecule has 1 aromatic heterocycles. The fourth-order valence-corrected chi connectivity index (χ4v) is 2.79. The van der Waals surface area contributed by atoms with Gasteiger partial charge in [-0.2, -0.15) is 0 Å². The maximum Gasteiger partial charge on any atom is 0.269 e. The van der Waals surface area contributed by atoms with Gasteiger partial charge in [0, 0.05) is 25.2 Å². The van der Waals surface area contributed by atoms with Crippen molar-refractivity contribution in [3.63, 3.8) is 0 Å². The van der Waals surface area contributed by atoms with Gasteiger partial charge in [-0.3, -0.25) is 4.79 Å². The molecule has 1 aromatic carbocycles. The molecule has 0 amide bonds. The number of hydrogen-bond donors (Lipinski definition) is 1. The van der Waals surface area contributed by atoms with Crippen LogP contribution in [0.5, 0.6) is 0 Å². The molecule has 0 atom stereocenters. The first-order chi connectivity index (χ1) is 10.1. The van der Waals surface area contributed by atoms with E-state index in [1.165, 1.54) is 18.3 Å². The molecule has 0 unspecified atom stereocenters. The first-order valence-electron chi connectivity index (χ1n) is 7.26. The Bertz CT molecular complexity index is 692. The lowest BCUT2D eigenvalue weighted by atomic mass is 10.1. The average Bonchev–Trinajstić information content (AvgIpc) is 2.48. The van der Waals surface area contributed by atoms with Gasteiger partial charge in [-0.1, -0.05) is 0 Å². The van der Waals surface area contributed by atoms with E-state index in [4.69, 9.17) is 5.73 Å². The van der Waals surface area contributed by atoms with Crippen LogP contribution in [0.3, 0.4) is 0 Å². The third-order valence-electron chi connectivity index (χ3n) is 4.08. The third kappa shape index (κ3) is 3.11. The molecule has 1 fully saturated rings. The minimum atomic E-state index is -0.342. The molecule has 5 nitrogen and oxygen atoms in total. The van der Waals surface area contributed by atoms with Gasteiger partial charge in [-0.15, -0.1) is 0 Å². The van der Waals surface area contributed by atoms with Crippen molar-refractivity contribution >= 4 is 11.0 Å². The molecule has 0 saturated carbocycles. The lowest BCUT2D eigenvalue weighted by molar-refractivity contribution is 0.206. The number of hydrogen-bond acceptors (Lipinski definition) is 4. The molecule has 2 N–H and O–H groups in total. The zero-order chi connectivity index (χ0) is 14.8. The van der Waals surface area contributed by atoms with Crippen molar-refractivity contribution in [2.75, 3.05) is 19.6 Å². The Kier molecular flexibility index (Phi) is 3.98. The lowest BCUT2D eigenvalue weighted by Crippen LogP contribution is -2.41. The van der Waals surface area contributed by atoms with E-state index >= 15 is 0 Å². The van der Waals surface area contributed by atoms with Crippen LogP contribution in [0.2, 0.25) is 0 Å². The molecule has 1 aliphatic rings. The number of rotatable bonds is 3. The summed E-state index contributed by atoms with van der Waals surface area (Å²) in [5.74, 6) is -0.342. The second-order valence-corrected chi connectivity index (χ2v) is 5.56. The van der Waals surface area contributed by atoms with E-state index in [-0.39, 0.29) is 11.4 Å². The number of benzene rings is 1. The first kappa shape index (κ1) is 14.2. The fraction of sp³-hybridized carbons (Fsp3) is 0.467. The van der Waals surface area contributed by atoms with Crippen LogP contribution < -0.4 is 11.3 Å². The summed E-state index contributed by atoms with van der Waals surface area (Å²) in [7, 11) is 0. The molecule has 0 bridgehead atoms. The van der Waals surface area contributed by atoms with Gasteiger partial charge < -0.3 is 15.2 Å². The molecule has 21 heavy (non-hydrogen) atoms. The predicted molar refractivity (Wildman–Crippen MR) is 79.6 cm³/mol. The number of nitrogens with zero attached hydrogens (tertiary/aromatic N) is 3. The molecule has 3 rings (SSSR count). The number of fused-ring (bicyclic) bond motifs is 1. The van der Waals surface area contributed by atoms with Crippen LogP contribution in [-0.2, 0) is 6.54 Å². The number of likely N-dealkylation sites (tertiary alicyclic amines) is 1. The summed E-state index contributed by atoms with van der Waals surface area (Å²) in [4.78, 5) is 18.3. The van der Waals surface area contributed by atoms with Crippen LogP contribution in [0.4, 0.5) is 4.39 Å². The van der Waals surface area contributed by atoms with Gasteiger partial charge in [0.15, 0.2) is 0 Å². The van der Waals surface area contributed by atoms with Gasteiger partial charge in [0.2, 0.25) is 0 Å². The molecule has 6 heteroatoms. The Balaban J connectivity index is 1.80. The summed E-state index contributed by atoms with van der Waals surface area (Å²) in [6.07, 6.45) is 3.25. The highest BCUT2D eigenvalue weighted by Gasteiger charge is 2.16. The Labute approximate surface area is 122 Å². The Morgan fingerprint density at radius 2 is 2.05 bits per heavy atom. The maximum absolute atomic E-state index is 13.2. The molecule has 0 spiro atoms. The van der Waals surface area contributed by atoms with E-state index < -0.39 is 0 Å². The molecule has 2 aromatic rings. The number of piperidine rings is 1. The quantitative estimate of drug-likeness (QED) is 0.914. The second-order valence-electron chi connectivity index (χ2n) is 5.56. The highest BCUT2D eigenvalue weighted by Crippen LogP contribution is 2.12. The van der Waals surface area contributed by atoms with Crippen LogP contribution in [-0.4, -0.2) is 40.1 Å². The summed E-state index contributed by atoms with van der Waals surface area (Å²) >= 11 is 0. The lowest BCUT2D eigenvalue weighted by Gasteiger charge is -2.30. The van der Waals surface area contributed by atoms with Crippen LogP contribution in [0, 0.1) is 5.82 Å². The number of aromatic nitrogens is 2. The molecule has 112 valence electrons. The molecule has 2 heterocycles. The largest absolute Gasteiger partial charge is 0.328 e. The number of nitrogens with two attached hydrogens (primary N) is 1. The minimum Gasteiger partial charge on any atom is -0.328 e. The second kappa shape index (κ2) is 5.91. The summed E-state index contributed by atoms with van der Waals surface area (Å²) in [5.41, 5.74) is 6.93. The van der Waals surface area contributed by atoms with E-state index in [0.29, 0.717) is 23.6 Å². The average molecular weight is 290 g/mol. The van der Waals surface area contributed by atoms with E-state index in [0.717, 1.165) is 32.5 Å². The zero-order valence-electron chi connectivity index (χ0n) is 11.8. The van der Waals surface area contributed by atoms with Crippen molar-refractivity contribution in [3.05, 3.63) is 40.6 Å². The molecule has 1 saturated heterocycles. The van der Waals surface area contributed by atoms with Crippen molar-refractivity contribution in [3.8, 4) is 0 Å². The Hall–Kier alpha value is -1.79. The van der Waals surface area contributed by atoms with Crippen LogP contribution in [0.25, 0.3) is 11.0 Å². The Morgan fingerprint density at radius 1 is 1.29 bits per heavy atom. The third-order valence-corrected chi connectivity index (χ3v) is 4.08. The maximum atomic E-state index is 13.2.